The van der Waals surface area contributed by atoms with Crippen molar-refractivity contribution in [1.29, 1.82) is 0 Å². The second-order valence-electron chi connectivity index (χ2n) is 10.3. The first-order valence-corrected chi connectivity index (χ1v) is 12.9. The Kier molecular flexibility index (Phi) is 6.51. The maximum atomic E-state index is 7.22. The molecule has 28 heavy (non-hydrogen) atoms. The summed E-state index contributed by atoms with van der Waals surface area (Å²) in [6, 6.07) is 22.1. The van der Waals surface area contributed by atoms with E-state index in [4.69, 9.17) is 4.43 Å². The molecule has 0 saturated heterocycles. The predicted octanol–water partition coefficient (Wildman–Crippen LogP) is 6.17. The monoisotopic (exact) mass is 394 g/mol. The zero-order valence-electron chi connectivity index (χ0n) is 18.5. The zero-order valence-corrected chi connectivity index (χ0v) is 19.5. The highest BCUT2D eigenvalue weighted by Gasteiger charge is 2.51. The molecule has 0 atom stereocenters. The standard InChI is InChI=1S/C26H38OSi/c1-25(2,3)28(23-17-11-7-12-18-23,24-19-13-8-14-20-24)27-21-26(4,5)22-15-9-6-10-16-22/h7-8,11-14,17-20,22H,6,9-10,15-16,21H2,1-5H3. The molecule has 2 heteroatoms. The Morgan fingerprint density at radius 2 is 1.21 bits per heavy atom. The van der Waals surface area contributed by atoms with Crippen molar-refractivity contribution in [3.8, 4) is 0 Å². The van der Waals surface area contributed by atoms with Crippen molar-refractivity contribution >= 4 is 18.7 Å². The summed E-state index contributed by atoms with van der Waals surface area (Å²) in [6.45, 7) is 12.8. The van der Waals surface area contributed by atoms with Crippen LogP contribution in [0.1, 0.15) is 66.7 Å². The lowest BCUT2D eigenvalue weighted by atomic mass is 9.72. The van der Waals surface area contributed by atoms with E-state index in [1.54, 1.807) is 0 Å². The van der Waals surface area contributed by atoms with Gasteiger partial charge in [0.2, 0.25) is 0 Å². The maximum Gasteiger partial charge on any atom is 0.261 e. The van der Waals surface area contributed by atoms with E-state index in [1.807, 2.05) is 0 Å². The Labute approximate surface area is 173 Å². The van der Waals surface area contributed by atoms with Gasteiger partial charge in [0.05, 0.1) is 0 Å². The summed E-state index contributed by atoms with van der Waals surface area (Å²) in [6.07, 6.45) is 6.89. The molecule has 1 nitrogen and oxygen atoms in total. The molecule has 0 bridgehead atoms. The molecule has 3 rings (SSSR count). The van der Waals surface area contributed by atoms with Crippen LogP contribution in [-0.2, 0) is 4.43 Å². The topological polar surface area (TPSA) is 9.23 Å². The molecule has 0 aliphatic heterocycles. The van der Waals surface area contributed by atoms with Crippen molar-refractivity contribution in [2.45, 2.75) is 71.8 Å². The van der Waals surface area contributed by atoms with Crippen molar-refractivity contribution in [3.63, 3.8) is 0 Å². The molecule has 0 heterocycles. The lowest BCUT2D eigenvalue weighted by Crippen LogP contribution is -2.67. The smallest absolute Gasteiger partial charge is 0.261 e. The van der Waals surface area contributed by atoms with E-state index < -0.39 is 8.32 Å². The average molecular weight is 395 g/mol. The van der Waals surface area contributed by atoms with Crippen molar-refractivity contribution in [1.82, 2.24) is 0 Å². The summed E-state index contributed by atoms with van der Waals surface area (Å²) < 4.78 is 7.22. The molecule has 0 spiro atoms. The normalized spacial score (nSPS) is 16.9. The lowest BCUT2D eigenvalue weighted by Gasteiger charge is -2.46. The van der Waals surface area contributed by atoms with Crippen LogP contribution in [0.15, 0.2) is 60.7 Å². The van der Waals surface area contributed by atoms with Crippen LogP contribution in [-0.4, -0.2) is 14.9 Å². The molecule has 0 unspecified atom stereocenters. The quantitative estimate of drug-likeness (QED) is 0.532. The third-order valence-electron chi connectivity index (χ3n) is 6.79. The van der Waals surface area contributed by atoms with Gasteiger partial charge in [0, 0.05) is 6.61 Å². The van der Waals surface area contributed by atoms with Gasteiger partial charge in [-0.1, -0.05) is 115 Å². The van der Waals surface area contributed by atoms with Gasteiger partial charge in [-0.2, -0.15) is 0 Å². The summed E-state index contributed by atoms with van der Waals surface area (Å²) >= 11 is 0. The fourth-order valence-corrected chi connectivity index (χ4v) is 9.80. The molecule has 0 N–H and O–H groups in total. The Morgan fingerprint density at radius 1 is 0.750 bits per heavy atom. The van der Waals surface area contributed by atoms with Gasteiger partial charge < -0.3 is 4.43 Å². The van der Waals surface area contributed by atoms with E-state index in [0.29, 0.717) is 0 Å². The Morgan fingerprint density at radius 3 is 1.64 bits per heavy atom. The predicted molar refractivity (Wildman–Crippen MR) is 124 cm³/mol. The third-order valence-corrected chi connectivity index (χ3v) is 11.8. The van der Waals surface area contributed by atoms with Gasteiger partial charge in [0.15, 0.2) is 0 Å². The van der Waals surface area contributed by atoms with E-state index in [-0.39, 0.29) is 10.5 Å². The van der Waals surface area contributed by atoms with Crippen molar-refractivity contribution in [2.24, 2.45) is 11.3 Å². The molecule has 0 aromatic heterocycles. The van der Waals surface area contributed by atoms with Gasteiger partial charge in [-0.15, -0.1) is 0 Å². The fraction of sp³-hybridized carbons (Fsp3) is 0.538. The lowest BCUT2D eigenvalue weighted by molar-refractivity contribution is 0.0810. The van der Waals surface area contributed by atoms with E-state index >= 15 is 0 Å². The first kappa shape index (κ1) is 21.3. The van der Waals surface area contributed by atoms with Crippen molar-refractivity contribution in [2.75, 3.05) is 6.61 Å². The van der Waals surface area contributed by atoms with E-state index in [1.165, 1.54) is 42.5 Å². The Bertz CT molecular complexity index is 685. The average Bonchev–Trinajstić information content (AvgIpc) is 2.70. The van der Waals surface area contributed by atoms with Crippen LogP contribution in [0.2, 0.25) is 5.04 Å². The first-order chi connectivity index (χ1) is 13.3. The van der Waals surface area contributed by atoms with Gasteiger partial charge in [0.1, 0.15) is 0 Å². The second kappa shape index (κ2) is 8.55. The molecule has 1 aliphatic carbocycles. The minimum Gasteiger partial charge on any atom is -0.407 e. The summed E-state index contributed by atoms with van der Waals surface area (Å²) in [5, 5.41) is 2.82. The molecule has 1 saturated carbocycles. The van der Waals surface area contributed by atoms with E-state index in [9.17, 15) is 0 Å². The highest BCUT2D eigenvalue weighted by atomic mass is 28.4. The number of benzene rings is 2. The van der Waals surface area contributed by atoms with Gasteiger partial charge in [-0.05, 0) is 39.6 Å². The van der Waals surface area contributed by atoms with Crippen LogP contribution in [0.3, 0.4) is 0 Å². The van der Waals surface area contributed by atoms with Crippen molar-refractivity contribution in [3.05, 3.63) is 60.7 Å². The Hall–Kier alpha value is -1.38. The van der Waals surface area contributed by atoms with E-state index in [2.05, 4.69) is 95.3 Å². The van der Waals surface area contributed by atoms with E-state index in [0.717, 1.165) is 12.5 Å². The zero-order chi connectivity index (χ0) is 20.3. The van der Waals surface area contributed by atoms with Crippen LogP contribution >= 0.6 is 0 Å². The van der Waals surface area contributed by atoms with Gasteiger partial charge in [-0.25, -0.2) is 0 Å². The number of hydrogen-bond donors (Lipinski definition) is 0. The summed E-state index contributed by atoms with van der Waals surface area (Å²) in [4.78, 5) is 0. The summed E-state index contributed by atoms with van der Waals surface area (Å²) in [7, 11) is -2.42. The molecule has 0 radical (unpaired) electrons. The molecular weight excluding hydrogens is 356 g/mol. The number of rotatable bonds is 6. The van der Waals surface area contributed by atoms with Crippen LogP contribution in [0, 0.1) is 11.3 Å². The fourth-order valence-electron chi connectivity index (χ4n) is 5.06. The van der Waals surface area contributed by atoms with Crippen LogP contribution in [0.4, 0.5) is 0 Å². The van der Waals surface area contributed by atoms with Crippen molar-refractivity contribution < 1.29 is 4.43 Å². The maximum absolute atomic E-state index is 7.22. The second-order valence-corrected chi connectivity index (χ2v) is 14.6. The largest absolute Gasteiger partial charge is 0.407 e. The van der Waals surface area contributed by atoms with Gasteiger partial charge >= 0.3 is 0 Å². The SMILES string of the molecule is CC(C)(CO[Si](c1ccccc1)(c1ccccc1)C(C)(C)C)C1CCCCC1. The molecular formula is C26H38OSi. The van der Waals surface area contributed by atoms with Gasteiger partial charge in [-0.3, -0.25) is 0 Å². The molecule has 1 aliphatic rings. The summed E-state index contributed by atoms with van der Waals surface area (Å²) in [5.74, 6) is 0.777. The molecule has 2 aromatic carbocycles. The molecule has 1 fully saturated rings. The summed E-state index contributed by atoms with van der Waals surface area (Å²) in [5.41, 5.74) is 0.216. The van der Waals surface area contributed by atoms with Gasteiger partial charge in [0.25, 0.3) is 8.32 Å². The number of hydrogen-bond acceptors (Lipinski definition) is 1. The van der Waals surface area contributed by atoms with Crippen LogP contribution in [0.25, 0.3) is 0 Å². The Balaban J connectivity index is 2.01. The highest BCUT2D eigenvalue weighted by molar-refractivity contribution is 6.99. The third kappa shape index (κ3) is 4.28. The minimum atomic E-state index is -2.42. The molecule has 152 valence electrons. The first-order valence-electron chi connectivity index (χ1n) is 11.0. The van der Waals surface area contributed by atoms with Crippen LogP contribution in [0.5, 0.6) is 0 Å². The molecule has 2 aromatic rings. The minimum absolute atomic E-state index is 0.0539. The highest BCUT2D eigenvalue weighted by Crippen LogP contribution is 2.42. The molecule has 0 amide bonds. The van der Waals surface area contributed by atoms with Crippen LogP contribution < -0.4 is 10.4 Å².